The van der Waals surface area contributed by atoms with Gasteiger partial charge in [0.05, 0.1) is 11.9 Å². The van der Waals surface area contributed by atoms with Crippen LogP contribution in [0.15, 0.2) is 30.5 Å². The van der Waals surface area contributed by atoms with Crippen LogP contribution in [0.1, 0.15) is 38.5 Å². The third-order valence-corrected chi connectivity index (χ3v) is 4.82. The highest BCUT2D eigenvalue weighted by Gasteiger charge is 2.17. The molecule has 1 atom stereocenters. The maximum absolute atomic E-state index is 12.0. The molecular formula is C19H26N4O2. The summed E-state index contributed by atoms with van der Waals surface area (Å²) in [5, 5.41) is 5.34. The molecule has 2 amide bonds. The summed E-state index contributed by atoms with van der Waals surface area (Å²) in [4.78, 5) is 30.6. The Kier molecular flexibility index (Phi) is 6.04. The van der Waals surface area contributed by atoms with Crippen molar-refractivity contribution >= 4 is 23.3 Å². The molecule has 1 aliphatic carbocycles. The SMILES string of the molecule is O=C(NCC1CC=CCC1)C(=O)Nc1ccc(N2CCCCC2)nc1. The van der Waals surface area contributed by atoms with Crippen LogP contribution >= 0.6 is 0 Å². The maximum Gasteiger partial charge on any atom is 0.313 e. The minimum Gasteiger partial charge on any atom is -0.357 e. The van der Waals surface area contributed by atoms with Gasteiger partial charge in [-0.15, -0.1) is 0 Å². The number of carbonyl (C=O) groups excluding carboxylic acids is 2. The average Bonchev–Trinajstić information content (AvgIpc) is 2.68. The van der Waals surface area contributed by atoms with Crippen molar-refractivity contribution in [3.8, 4) is 0 Å². The molecule has 2 heterocycles. The first-order valence-corrected chi connectivity index (χ1v) is 9.17. The fourth-order valence-corrected chi connectivity index (χ4v) is 3.32. The molecule has 0 saturated carbocycles. The number of carbonyl (C=O) groups is 2. The summed E-state index contributed by atoms with van der Waals surface area (Å²) < 4.78 is 0. The molecule has 1 aromatic heterocycles. The first-order valence-electron chi connectivity index (χ1n) is 9.17. The molecule has 1 aliphatic heterocycles. The standard InChI is InChI=1S/C19H26N4O2/c24-18(21-13-15-7-3-1-4-8-15)19(25)22-16-9-10-17(20-14-16)23-11-5-2-6-12-23/h1,3,9-10,14-15H,2,4-8,11-13H2,(H,21,24)(H,22,25). The number of hydrogen-bond donors (Lipinski definition) is 2. The van der Waals surface area contributed by atoms with Crippen LogP contribution in [0.3, 0.4) is 0 Å². The zero-order valence-electron chi connectivity index (χ0n) is 14.5. The number of anilines is 2. The largest absolute Gasteiger partial charge is 0.357 e. The fraction of sp³-hybridized carbons (Fsp3) is 0.526. The summed E-state index contributed by atoms with van der Waals surface area (Å²) in [6, 6.07) is 3.70. The van der Waals surface area contributed by atoms with Crippen LogP contribution in [0.4, 0.5) is 11.5 Å². The van der Waals surface area contributed by atoms with Gasteiger partial charge in [-0.05, 0) is 56.6 Å². The number of amides is 2. The van der Waals surface area contributed by atoms with Gasteiger partial charge in [-0.1, -0.05) is 12.2 Å². The molecule has 2 aliphatic rings. The van der Waals surface area contributed by atoms with Gasteiger partial charge in [0.1, 0.15) is 5.82 Å². The number of nitrogens with zero attached hydrogens (tertiary/aromatic N) is 2. The highest BCUT2D eigenvalue weighted by Crippen LogP contribution is 2.19. The molecule has 25 heavy (non-hydrogen) atoms. The summed E-state index contributed by atoms with van der Waals surface area (Å²) in [7, 11) is 0. The van der Waals surface area contributed by atoms with Gasteiger partial charge in [0.2, 0.25) is 0 Å². The lowest BCUT2D eigenvalue weighted by atomic mass is 9.94. The Bertz CT molecular complexity index is 621. The van der Waals surface area contributed by atoms with Crippen molar-refractivity contribution in [2.24, 2.45) is 5.92 Å². The van der Waals surface area contributed by atoms with Gasteiger partial charge in [0.25, 0.3) is 0 Å². The van der Waals surface area contributed by atoms with Crippen LogP contribution in [0.2, 0.25) is 0 Å². The Balaban J connectivity index is 1.46. The van der Waals surface area contributed by atoms with Crippen molar-refractivity contribution in [3.63, 3.8) is 0 Å². The third kappa shape index (κ3) is 5.05. The number of piperidine rings is 1. The van der Waals surface area contributed by atoms with E-state index in [1.54, 1.807) is 12.3 Å². The molecule has 0 bridgehead atoms. The lowest BCUT2D eigenvalue weighted by Crippen LogP contribution is -2.38. The quantitative estimate of drug-likeness (QED) is 0.651. The minimum atomic E-state index is -0.640. The van der Waals surface area contributed by atoms with Crippen molar-refractivity contribution < 1.29 is 9.59 Å². The van der Waals surface area contributed by atoms with Crippen molar-refractivity contribution in [1.29, 1.82) is 0 Å². The predicted molar refractivity (Wildman–Crippen MR) is 98.4 cm³/mol. The van der Waals surface area contributed by atoms with E-state index in [1.165, 1.54) is 19.3 Å². The smallest absolute Gasteiger partial charge is 0.313 e. The summed E-state index contributed by atoms with van der Waals surface area (Å²) in [6.45, 7) is 2.59. The molecule has 1 unspecified atom stereocenters. The van der Waals surface area contributed by atoms with E-state index in [9.17, 15) is 9.59 Å². The van der Waals surface area contributed by atoms with Crippen LogP contribution in [0.5, 0.6) is 0 Å². The van der Waals surface area contributed by atoms with Crippen LogP contribution in [-0.2, 0) is 9.59 Å². The van der Waals surface area contributed by atoms with E-state index in [-0.39, 0.29) is 0 Å². The van der Waals surface area contributed by atoms with Gasteiger partial charge < -0.3 is 15.5 Å². The van der Waals surface area contributed by atoms with Gasteiger partial charge in [0.15, 0.2) is 0 Å². The van der Waals surface area contributed by atoms with E-state index in [0.717, 1.165) is 38.2 Å². The van der Waals surface area contributed by atoms with Gasteiger partial charge in [-0.25, -0.2) is 4.98 Å². The normalized spacial score (nSPS) is 20.2. The molecule has 0 aromatic carbocycles. The fourth-order valence-electron chi connectivity index (χ4n) is 3.32. The van der Waals surface area contributed by atoms with Crippen molar-refractivity contribution in [2.45, 2.75) is 38.5 Å². The Hall–Kier alpha value is -2.37. The van der Waals surface area contributed by atoms with Gasteiger partial charge >= 0.3 is 11.8 Å². The molecule has 2 N–H and O–H groups in total. The minimum absolute atomic E-state index is 0.423. The van der Waals surface area contributed by atoms with Crippen molar-refractivity contribution in [1.82, 2.24) is 10.3 Å². The second-order valence-corrected chi connectivity index (χ2v) is 6.77. The molecule has 1 aromatic rings. The van der Waals surface area contributed by atoms with E-state index >= 15 is 0 Å². The average molecular weight is 342 g/mol. The maximum atomic E-state index is 12.0. The summed E-state index contributed by atoms with van der Waals surface area (Å²) >= 11 is 0. The Labute approximate surface area is 148 Å². The van der Waals surface area contributed by atoms with E-state index in [1.807, 2.05) is 6.07 Å². The molecule has 1 saturated heterocycles. The molecule has 134 valence electrons. The van der Waals surface area contributed by atoms with Crippen LogP contribution in [0, 0.1) is 5.92 Å². The Morgan fingerprint density at radius 1 is 1.12 bits per heavy atom. The lowest BCUT2D eigenvalue weighted by molar-refractivity contribution is -0.136. The van der Waals surface area contributed by atoms with Gasteiger partial charge in [-0.2, -0.15) is 0 Å². The first kappa shape index (κ1) is 17.5. The third-order valence-electron chi connectivity index (χ3n) is 4.82. The predicted octanol–water partition coefficient (Wildman–Crippen LogP) is 2.48. The van der Waals surface area contributed by atoms with Crippen LogP contribution < -0.4 is 15.5 Å². The number of pyridine rings is 1. The van der Waals surface area contributed by atoms with Crippen molar-refractivity contribution in [3.05, 3.63) is 30.5 Å². The lowest BCUT2D eigenvalue weighted by Gasteiger charge is -2.27. The molecule has 0 spiro atoms. The Morgan fingerprint density at radius 3 is 2.64 bits per heavy atom. The molecular weight excluding hydrogens is 316 g/mol. The van der Waals surface area contributed by atoms with E-state index in [2.05, 4.69) is 32.7 Å². The molecule has 6 heteroatoms. The van der Waals surface area contributed by atoms with Crippen LogP contribution in [0.25, 0.3) is 0 Å². The summed E-state index contributed by atoms with van der Waals surface area (Å²) in [6.07, 6.45) is 12.6. The monoisotopic (exact) mass is 342 g/mol. The van der Waals surface area contributed by atoms with Crippen LogP contribution in [-0.4, -0.2) is 36.4 Å². The number of rotatable bonds is 4. The molecule has 1 fully saturated rings. The van der Waals surface area contributed by atoms with Gasteiger partial charge in [-0.3, -0.25) is 9.59 Å². The summed E-state index contributed by atoms with van der Waals surface area (Å²) in [5.41, 5.74) is 0.543. The molecule has 0 radical (unpaired) electrons. The van der Waals surface area contributed by atoms with E-state index in [0.29, 0.717) is 18.2 Å². The van der Waals surface area contributed by atoms with E-state index < -0.39 is 11.8 Å². The first-order chi connectivity index (χ1) is 12.2. The zero-order valence-corrected chi connectivity index (χ0v) is 14.5. The number of hydrogen-bond acceptors (Lipinski definition) is 4. The Morgan fingerprint density at radius 2 is 1.96 bits per heavy atom. The highest BCUT2D eigenvalue weighted by atomic mass is 16.2. The topological polar surface area (TPSA) is 74.3 Å². The summed E-state index contributed by atoms with van der Waals surface area (Å²) in [5.74, 6) is 0.119. The highest BCUT2D eigenvalue weighted by molar-refractivity contribution is 6.39. The van der Waals surface area contributed by atoms with Gasteiger partial charge in [0, 0.05) is 19.6 Å². The second kappa shape index (κ2) is 8.65. The zero-order chi connectivity index (χ0) is 17.5. The number of aromatic nitrogens is 1. The molecule has 6 nitrogen and oxygen atoms in total. The van der Waals surface area contributed by atoms with Crippen molar-refractivity contribution in [2.75, 3.05) is 29.9 Å². The van der Waals surface area contributed by atoms with E-state index in [4.69, 9.17) is 0 Å². The number of nitrogens with one attached hydrogen (secondary N) is 2. The molecule has 3 rings (SSSR count). The second-order valence-electron chi connectivity index (χ2n) is 6.77. The number of allylic oxidation sites excluding steroid dienone is 2.